The number of benzene rings is 2. The molecule has 0 atom stereocenters. The molecule has 1 nitrogen and oxygen atoms in total. The Kier molecular flexibility index (Phi) is 5.03. The molecule has 0 aliphatic rings. The van der Waals surface area contributed by atoms with Crippen molar-refractivity contribution < 1.29 is 4.39 Å². The minimum absolute atomic E-state index is 0.207. The van der Waals surface area contributed by atoms with Crippen molar-refractivity contribution in [1.82, 2.24) is 5.32 Å². The number of halogens is 3. The van der Waals surface area contributed by atoms with Crippen LogP contribution in [-0.2, 0) is 6.54 Å². The monoisotopic (exact) mass is 311 g/mol. The second-order valence-corrected chi connectivity index (χ2v) is 5.79. The lowest BCUT2D eigenvalue weighted by Gasteiger charge is -2.11. The van der Waals surface area contributed by atoms with Gasteiger partial charge in [-0.05, 0) is 35.4 Å². The van der Waals surface area contributed by atoms with Gasteiger partial charge < -0.3 is 5.32 Å². The van der Waals surface area contributed by atoms with E-state index in [-0.39, 0.29) is 5.82 Å². The normalized spacial score (nSPS) is 11.1. The smallest absolute Gasteiger partial charge is 0.127 e. The van der Waals surface area contributed by atoms with Crippen LogP contribution in [0.1, 0.15) is 19.4 Å². The Morgan fingerprint density at radius 1 is 1.00 bits per heavy atom. The molecule has 20 heavy (non-hydrogen) atoms. The molecule has 0 radical (unpaired) electrons. The molecule has 0 fully saturated rings. The SMILES string of the molecule is CC(C)NCc1cc(-c2ccc(Cl)c(Cl)c2)ccc1F. The van der Waals surface area contributed by atoms with Crippen molar-refractivity contribution in [2.45, 2.75) is 26.4 Å². The van der Waals surface area contributed by atoms with Crippen molar-refractivity contribution >= 4 is 23.2 Å². The maximum absolute atomic E-state index is 13.8. The third-order valence-corrected chi connectivity index (χ3v) is 3.74. The summed E-state index contributed by atoms with van der Waals surface area (Å²) < 4.78 is 13.8. The molecule has 2 aromatic rings. The van der Waals surface area contributed by atoms with Crippen LogP contribution in [0.15, 0.2) is 36.4 Å². The molecule has 0 amide bonds. The lowest BCUT2D eigenvalue weighted by Crippen LogP contribution is -2.22. The summed E-state index contributed by atoms with van der Waals surface area (Å²) in [6, 6.07) is 10.8. The number of hydrogen-bond acceptors (Lipinski definition) is 1. The van der Waals surface area contributed by atoms with Crippen molar-refractivity contribution in [3.8, 4) is 11.1 Å². The quantitative estimate of drug-likeness (QED) is 0.808. The van der Waals surface area contributed by atoms with Gasteiger partial charge in [-0.1, -0.05) is 49.2 Å². The third-order valence-electron chi connectivity index (χ3n) is 3.00. The van der Waals surface area contributed by atoms with Gasteiger partial charge >= 0.3 is 0 Å². The van der Waals surface area contributed by atoms with E-state index < -0.39 is 0 Å². The molecule has 0 aliphatic heterocycles. The highest BCUT2D eigenvalue weighted by atomic mass is 35.5. The zero-order valence-electron chi connectivity index (χ0n) is 11.4. The van der Waals surface area contributed by atoms with Gasteiger partial charge in [-0.3, -0.25) is 0 Å². The first-order chi connectivity index (χ1) is 9.47. The molecule has 0 heterocycles. The highest BCUT2D eigenvalue weighted by Crippen LogP contribution is 2.29. The number of rotatable bonds is 4. The fourth-order valence-corrected chi connectivity index (χ4v) is 2.18. The van der Waals surface area contributed by atoms with Crippen LogP contribution in [-0.4, -0.2) is 6.04 Å². The maximum atomic E-state index is 13.8. The molecule has 0 saturated heterocycles. The molecule has 2 rings (SSSR count). The molecule has 0 unspecified atom stereocenters. The number of hydrogen-bond donors (Lipinski definition) is 1. The molecule has 1 N–H and O–H groups in total. The predicted molar refractivity (Wildman–Crippen MR) is 83.8 cm³/mol. The number of nitrogens with one attached hydrogen (secondary N) is 1. The average Bonchev–Trinajstić information content (AvgIpc) is 2.41. The Morgan fingerprint density at radius 2 is 1.65 bits per heavy atom. The van der Waals surface area contributed by atoms with E-state index in [2.05, 4.69) is 5.32 Å². The first-order valence-electron chi connectivity index (χ1n) is 6.44. The van der Waals surface area contributed by atoms with E-state index in [1.807, 2.05) is 26.0 Å². The highest BCUT2D eigenvalue weighted by Gasteiger charge is 2.07. The van der Waals surface area contributed by atoms with Gasteiger partial charge in [0.25, 0.3) is 0 Å². The summed E-state index contributed by atoms with van der Waals surface area (Å²) in [6.07, 6.45) is 0. The van der Waals surface area contributed by atoms with Crippen molar-refractivity contribution in [3.05, 3.63) is 57.8 Å². The average molecular weight is 312 g/mol. The molecular formula is C16H16Cl2FN. The van der Waals surface area contributed by atoms with Crippen LogP contribution >= 0.6 is 23.2 Å². The first kappa shape index (κ1) is 15.3. The fraction of sp³-hybridized carbons (Fsp3) is 0.250. The van der Waals surface area contributed by atoms with Gasteiger partial charge in [0, 0.05) is 18.2 Å². The van der Waals surface area contributed by atoms with Crippen LogP contribution in [0.25, 0.3) is 11.1 Å². The fourth-order valence-electron chi connectivity index (χ4n) is 1.88. The summed E-state index contributed by atoms with van der Waals surface area (Å²) in [4.78, 5) is 0. The summed E-state index contributed by atoms with van der Waals surface area (Å²) in [6.45, 7) is 4.56. The zero-order valence-corrected chi connectivity index (χ0v) is 12.9. The van der Waals surface area contributed by atoms with Crippen LogP contribution in [0.5, 0.6) is 0 Å². The third kappa shape index (κ3) is 3.72. The van der Waals surface area contributed by atoms with Gasteiger partial charge in [0.05, 0.1) is 10.0 Å². The van der Waals surface area contributed by atoms with Crippen LogP contribution in [0.4, 0.5) is 4.39 Å². The van der Waals surface area contributed by atoms with E-state index in [1.165, 1.54) is 6.07 Å². The molecule has 2 aromatic carbocycles. The zero-order chi connectivity index (χ0) is 14.7. The van der Waals surface area contributed by atoms with E-state index in [4.69, 9.17) is 23.2 Å². The molecule has 0 aliphatic carbocycles. The van der Waals surface area contributed by atoms with Gasteiger partial charge in [0.15, 0.2) is 0 Å². The summed E-state index contributed by atoms with van der Waals surface area (Å²) in [5.74, 6) is -0.207. The maximum Gasteiger partial charge on any atom is 0.127 e. The van der Waals surface area contributed by atoms with E-state index in [1.54, 1.807) is 18.2 Å². The molecule has 0 spiro atoms. The summed E-state index contributed by atoms with van der Waals surface area (Å²) in [7, 11) is 0. The van der Waals surface area contributed by atoms with Gasteiger partial charge in [-0.15, -0.1) is 0 Å². The molecule has 0 aromatic heterocycles. The van der Waals surface area contributed by atoms with Crippen molar-refractivity contribution in [3.63, 3.8) is 0 Å². The highest BCUT2D eigenvalue weighted by molar-refractivity contribution is 6.42. The minimum atomic E-state index is -0.207. The Bertz CT molecular complexity index is 611. The first-order valence-corrected chi connectivity index (χ1v) is 7.20. The summed E-state index contributed by atoms with van der Waals surface area (Å²) in [5, 5.41) is 4.22. The minimum Gasteiger partial charge on any atom is -0.310 e. The molecular weight excluding hydrogens is 296 g/mol. The summed E-state index contributed by atoms with van der Waals surface area (Å²) in [5.41, 5.74) is 2.48. The molecule has 0 bridgehead atoms. The van der Waals surface area contributed by atoms with Gasteiger partial charge in [-0.2, -0.15) is 0 Å². The van der Waals surface area contributed by atoms with Crippen LogP contribution in [0, 0.1) is 5.82 Å². The van der Waals surface area contributed by atoms with Crippen molar-refractivity contribution in [1.29, 1.82) is 0 Å². The van der Waals surface area contributed by atoms with E-state index in [0.29, 0.717) is 28.2 Å². The lowest BCUT2D eigenvalue weighted by molar-refractivity contribution is 0.553. The van der Waals surface area contributed by atoms with Gasteiger partial charge in [0.1, 0.15) is 5.82 Å². The summed E-state index contributed by atoms with van der Waals surface area (Å²) >= 11 is 11.9. The largest absolute Gasteiger partial charge is 0.310 e. The Balaban J connectivity index is 2.32. The van der Waals surface area contributed by atoms with Crippen molar-refractivity contribution in [2.75, 3.05) is 0 Å². The van der Waals surface area contributed by atoms with Gasteiger partial charge in [-0.25, -0.2) is 4.39 Å². The predicted octanol–water partition coefficient (Wildman–Crippen LogP) is 5.30. The van der Waals surface area contributed by atoms with E-state index >= 15 is 0 Å². The van der Waals surface area contributed by atoms with E-state index in [9.17, 15) is 4.39 Å². The van der Waals surface area contributed by atoms with Gasteiger partial charge in [0.2, 0.25) is 0 Å². The van der Waals surface area contributed by atoms with Crippen LogP contribution in [0.3, 0.4) is 0 Å². The van der Waals surface area contributed by atoms with Crippen LogP contribution in [0.2, 0.25) is 10.0 Å². The standard InChI is InChI=1S/C16H16Cl2FN/c1-10(2)20-9-13-7-11(4-6-16(13)19)12-3-5-14(17)15(18)8-12/h3-8,10,20H,9H2,1-2H3. The van der Waals surface area contributed by atoms with E-state index in [0.717, 1.165) is 11.1 Å². The molecule has 0 saturated carbocycles. The molecule has 106 valence electrons. The second kappa shape index (κ2) is 6.57. The molecule has 4 heteroatoms. The second-order valence-electron chi connectivity index (χ2n) is 4.97. The topological polar surface area (TPSA) is 12.0 Å². The van der Waals surface area contributed by atoms with Crippen LogP contribution < -0.4 is 5.32 Å². The lowest BCUT2D eigenvalue weighted by atomic mass is 10.0. The Morgan fingerprint density at radius 3 is 2.30 bits per heavy atom. The Hall–Kier alpha value is -1.09. The van der Waals surface area contributed by atoms with Crippen molar-refractivity contribution in [2.24, 2.45) is 0 Å². The Labute approximate surface area is 128 Å².